The lowest BCUT2D eigenvalue weighted by Crippen LogP contribution is -2.29. The van der Waals surface area contributed by atoms with Crippen LogP contribution in [-0.2, 0) is 16.1 Å². The third-order valence-corrected chi connectivity index (χ3v) is 6.88. The van der Waals surface area contributed by atoms with Crippen LogP contribution in [0.2, 0.25) is 0 Å². The SMILES string of the molecule is COc1ccccc1CN1C(=O)C(=O)/C(=C(/O)c2cc(C(C)C)c(OC)cc2C)C1c1cccc(C)c1. The van der Waals surface area contributed by atoms with Gasteiger partial charge in [-0.1, -0.05) is 61.9 Å². The molecule has 0 aliphatic carbocycles. The number of hydrogen-bond donors (Lipinski definition) is 1. The summed E-state index contributed by atoms with van der Waals surface area (Å²) in [5, 5.41) is 11.7. The lowest BCUT2D eigenvalue weighted by molar-refractivity contribution is -0.140. The molecule has 1 aliphatic rings. The second-order valence-corrected chi connectivity index (χ2v) is 9.72. The van der Waals surface area contributed by atoms with E-state index in [9.17, 15) is 14.7 Å². The van der Waals surface area contributed by atoms with Crippen molar-refractivity contribution in [3.05, 3.63) is 99.6 Å². The van der Waals surface area contributed by atoms with E-state index in [2.05, 4.69) is 0 Å². The molecule has 0 radical (unpaired) electrons. The number of likely N-dealkylation sites (tertiary alicyclic amines) is 1. The number of aliphatic hydroxyl groups excluding tert-OH is 1. The maximum Gasteiger partial charge on any atom is 0.295 e. The Morgan fingerprint density at radius 1 is 0.946 bits per heavy atom. The van der Waals surface area contributed by atoms with E-state index in [-0.39, 0.29) is 23.8 Å². The molecule has 1 amide bonds. The molecule has 0 spiro atoms. The summed E-state index contributed by atoms with van der Waals surface area (Å²) in [5.74, 6) is -0.0811. The fourth-order valence-electron chi connectivity index (χ4n) is 4.97. The number of nitrogens with zero attached hydrogens (tertiary/aromatic N) is 1. The van der Waals surface area contributed by atoms with E-state index in [0.717, 1.165) is 33.6 Å². The number of carbonyl (C=O) groups is 2. The summed E-state index contributed by atoms with van der Waals surface area (Å²) in [4.78, 5) is 28.5. The Labute approximate surface area is 218 Å². The maximum absolute atomic E-state index is 13.5. The van der Waals surface area contributed by atoms with E-state index in [1.54, 1.807) is 14.2 Å². The van der Waals surface area contributed by atoms with Crippen LogP contribution in [0.3, 0.4) is 0 Å². The molecule has 6 heteroatoms. The molecule has 1 aliphatic heterocycles. The number of aliphatic hydroxyl groups is 1. The van der Waals surface area contributed by atoms with E-state index in [0.29, 0.717) is 11.3 Å². The van der Waals surface area contributed by atoms with Gasteiger partial charge in [0.05, 0.1) is 32.4 Å². The summed E-state index contributed by atoms with van der Waals surface area (Å²) in [5.41, 5.74) is 4.76. The molecule has 0 saturated carbocycles. The summed E-state index contributed by atoms with van der Waals surface area (Å²) >= 11 is 0. The van der Waals surface area contributed by atoms with Crippen LogP contribution in [0.5, 0.6) is 11.5 Å². The predicted molar refractivity (Wildman–Crippen MR) is 144 cm³/mol. The Morgan fingerprint density at radius 3 is 2.30 bits per heavy atom. The molecular formula is C31H33NO5. The first-order valence-electron chi connectivity index (χ1n) is 12.3. The molecule has 1 unspecified atom stereocenters. The lowest BCUT2D eigenvalue weighted by atomic mass is 9.90. The fourth-order valence-corrected chi connectivity index (χ4v) is 4.97. The van der Waals surface area contributed by atoms with Gasteiger partial charge in [-0.25, -0.2) is 0 Å². The van der Waals surface area contributed by atoms with Crippen LogP contribution < -0.4 is 9.47 Å². The van der Waals surface area contributed by atoms with E-state index in [4.69, 9.17) is 9.47 Å². The minimum Gasteiger partial charge on any atom is -0.507 e. The maximum atomic E-state index is 13.5. The second kappa shape index (κ2) is 10.5. The number of para-hydroxylation sites is 1. The first-order valence-corrected chi connectivity index (χ1v) is 12.3. The van der Waals surface area contributed by atoms with Crippen molar-refractivity contribution in [2.45, 2.75) is 46.2 Å². The molecular weight excluding hydrogens is 466 g/mol. The molecule has 4 rings (SSSR count). The summed E-state index contributed by atoms with van der Waals surface area (Å²) in [7, 11) is 3.19. The minimum absolute atomic E-state index is 0.0773. The highest BCUT2D eigenvalue weighted by atomic mass is 16.5. The number of benzene rings is 3. The number of hydrogen-bond acceptors (Lipinski definition) is 5. The third-order valence-electron chi connectivity index (χ3n) is 6.88. The van der Waals surface area contributed by atoms with Crippen molar-refractivity contribution in [2.24, 2.45) is 0 Å². The van der Waals surface area contributed by atoms with Crippen molar-refractivity contribution < 1.29 is 24.2 Å². The lowest BCUT2D eigenvalue weighted by Gasteiger charge is -2.26. The van der Waals surface area contributed by atoms with Gasteiger partial charge >= 0.3 is 0 Å². The minimum atomic E-state index is -0.756. The Kier molecular flexibility index (Phi) is 7.39. The van der Waals surface area contributed by atoms with Crippen molar-refractivity contribution in [2.75, 3.05) is 14.2 Å². The average Bonchev–Trinajstić information content (AvgIpc) is 3.13. The Balaban J connectivity index is 1.93. The van der Waals surface area contributed by atoms with Crippen LogP contribution in [0.15, 0.2) is 66.2 Å². The summed E-state index contributed by atoms with van der Waals surface area (Å²) in [6.07, 6.45) is 0. The Hall–Kier alpha value is -4.06. The molecule has 6 nitrogen and oxygen atoms in total. The highest BCUT2D eigenvalue weighted by molar-refractivity contribution is 6.46. The zero-order valence-corrected chi connectivity index (χ0v) is 22.2. The quantitative estimate of drug-likeness (QED) is 0.243. The molecule has 37 heavy (non-hydrogen) atoms. The summed E-state index contributed by atoms with van der Waals surface area (Å²) < 4.78 is 11.1. The van der Waals surface area contributed by atoms with Gasteiger partial charge in [-0.3, -0.25) is 9.59 Å². The third kappa shape index (κ3) is 4.84. The van der Waals surface area contributed by atoms with Crippen LogP contribution in [0.4, 0.5) is 0 Å². The predicted octanol–water partition coefficient (Wildman–Crippen LogP) is 6.07. The molecule has 0 bridgehead atoms. The second-order valence-electron chi connectivity index (χ2n) is 9.72. The zero-order chi connectivity index (χ0) is 26.9. The van der Waals surface area contributed by atoms with Gasteiger partial charge in [0.15, 0.2) is 0 Å². The normalized spacial score (nSPS) is 16.9. The molecule has 1 heterocycles. The van der Waals surface area contributed by atoms with Crippen LogP contribution in [0, 0.1) is 13.8 Å². The molecule has 3 aromatic rings. The monoisotopic (exact) mass is 499 g/mol. The van der Waals surface area contributed by atoms with Gasteiger partial charge in [0.25, 0.3) is 11.7 Å². The zero-order valence-electron chi connectivity index (χ0n) is 22.2. The molecule has 0 aromatic heterocycles. The highest BCUT2D eigenvalue weighted by Gasteiger charge is 2.46. The number of ether oxygens (including phenoxy) is 2. The Bertz CT molecular complexity index is 1390. The summed E-state index contributed by atoms with van der Waals surface area (Å²) in [6.45, 7) is 8.04. The van der Waals surface area contributed by atoms with Gasteiger partial charge in [-0.05, 0) is 54.7 Å². The topological polar surface area (TPSA) is 76.1 Å². The standard InChI is InChI=1S/C31H33NO5/c1-18(2)23-16-24(20(4)15-26(23)37-6)29(33)27-28(21-12-9-10-19(3)14-21)32(31(35)30(27)34)17-22-11-7-8-13-25(22)36-5/h7-16,18,28,33H,17H2,1-6H3/b29-27+. The number of ketones is 1. The summed E-state index contributed by atoms with van der Waals surface area (Å²) in [6, 6.07) is 18.0. The van der Waals surface area contributed by atoms with Gasteiger partial charge in [0, 0.05) is 11.1 Å². The first kappa shape index (κ1) is 26.0. The van der Waals surface area contributed by atoms with Crippen molar-refractivity contribution in [3.63, 3.8) is 0 Å². The number of methoxy groups -OCH3 is 2. The first-order chi connectivity index (χ1) is 17.7. The smallest absolute Gasteiger partial charge is 0.295 e. The number of carbonyl (C=O) groups excluding carboxylic acids is 2. The molecule has 192 valence electrons. The van der Waals surface area contributed by atoms with Gasteiger partial charge in [-0.2, -0.15) is 0 Å². The fraction of sp³-hybridized carbons (Fsp3) is 0.290. The van der Waals surface area contributed by atoms with E-state index in [1.165, 1.54) is 4.90 Å². The van der Waals surface area contributed by atoms with E-state index in [1.807, 2.05) is 88.4 Å². The van der Waals surface area contributed by atoms with Crippen LogP contribution in [-0.4, -0.2) is 35.9 Å². The van der Waals surface area contributed by atoms with Crippen molar-refractivity contribution in [3.8, 4) is 11.5 Å². The highest BCUT2D eigenvalue weighted by Crippen LogP contribution is 2.42. The van der Waals surface area contributed by atoms with Crippen molar-refractivity contribution in [1.82, 2.24) is 4.90 Å². The van der Waals surface area contributed by atoms with E-state index >= 15 is 0 Å². The number of aryl methyl sites for hydroxylation is 2. The number of Topliss-reactive ketones (excluding diaryl/α,β-unsaturated/α-hetero) is 1. The van der Waals surface area contributed by atoms with Gasteiger partial charge in [-0.15, -0.1) is 0 Å². The van der Waals surface area contributed by atoms with Crippen LogP contribution in [0.25, 0.3) is 5.76 Å². The van der Waals surface area contributed by atoms with Gasteiger partial charge < -0.3 is 19.5 Å². The molecule has 1 fully saturated rings. The van der Waals surface area contributed by atoms with Crippen molar-refractivity contribution in [1.29, 1.82) is 0 Å². The molecule has 1 saturated heterocycles. The Morgan fingerprint density at radius 2 is 1.65 bits per heavy atom. The molecule has 3 aromatic carbocycles. The largest absolute Gasteiger partial charge is 0.507 e. The number of amides is 1. The van der Waals surface area contributed by atoms with Gasteiger partial charge in [0.1, 0.15) is 17.3 Å². The van der Waals surface area contributed by atoms with Gasteiger partial charge in [0.2, 0.25) is 0 Å². The average molecular weight is 500 g/mol. The van der Waals surface area contributed by atoms with Crippen molar-refractivity contribution >= 4 is 17.4 Å². The molecule has 1 N–H and O–H groups in total. The van der Waals surface area contributed by atoms with E-state index < -0.39 is 17.7 Å². The van der Waals surface area contributed by atoms with Crippen LogP contribution >= 0.6 is 0 Å². The molecule has 1 atom stereocenters. The number of rotatable bonds is 7. The van der Waals surface area contributed by atoms with Crippen LogP contribution in [0.1, 0.15) is 59.2 Å².